The number of rotatable bonds is 4. The molecule has 2 rings (SSSR count). The van der Waals surface area contributed by atoms with Gasteiger partial charge in [0, 0.05) is 23.2 Å². The predicted molar refractivity (Wildman–Crippen MR) is 83.6 cm³/mol. The van der Waals surface area contributed by atoms with Crippen molar-refractivity contribution in [2.75, 3.05) is 5.32 Å². The molecule has 1 aromatic heterocycles. The van der Waals surface area contributed by atoms with Crippen LogP contribution >= 0.6 is 35.0 Å². The van der Waals surface area contributed by atoms with Crippen LogP contribution in [0.4, 0.5) is 5.69 Å². The van der Waals surface area contributed by atoms with Crippen molar-refractivity contribution in [1.29, 1.82) is 0 Å². The van der Waals surface area contributed by atoms with Crippen LogP contribution in [-0.2, 0) is 11.8 Å². The van der Waals surface area contributed by atoms with Gasteiger partial charge in [-0.05, 0) is 25.1 Å². The molecule has 20 heavy (non-hydrogen) atoms. The van der Waals surface area contributed by atoms with Gasteiger partial charge in [0.2, 0.25) is 5.91 Å². The van der Waals surface area contributed by atoms with Gasteiger partial charge in [-0.1, -0.05) is 23.2 Å². The monoisotopic (exact) mass is 329 g/mol. The summed E-state index contributed by atoms with van der Waals surface area (Å²) in [6.07, 6.45) is 3.34. The Hall–Kier alpha value is -1.17. The third kappa shape index (κ3) is 3.91. The number of hydrogen-bond donors (Lipinski definition) is 1. The lowest BCUT2D eigenvalue weighted by molar-refractivity contribution is -0.115. The van der Waals surface area contributed by atoms with Crippen molar-refractivity contribution in [3.63, 3.8) is 0 Å². The summed E-state index contributed by atoms with van der Waals surface area (Å²) in [7, 11) is 1.79. The number of benzene rings is 1. The van der Waals surface area contributed by atoms with Gasteiger partial charge in [0.05, 0.1) is 22.2 Å². The normalized spacial score (nSPS) is 12.2. The van der Waals surface area contributed by atoms with Crippen molar-refractivity contribution in [2.24, 2.45) is 7.05 Å². The molecule has 0 saturated carbocycles. The summed E-state index contributed by atoms with van der Waals surface area (Å²) in [6, 6.07) is 5.19. The number of aryl methyl sites for hydroxylation is 1. The summed E-state index contributed by atoms with van der Waals surface area (Å²) in [6.45, 7) is 1.81. The number of amides is 1. The number of nitrogens with one attached hydrogen (secondary N) is 1. The molecule has 7 heteroatoms. The Kier molecular flexibility index (Phi) is 4.96. The number of carbonyl (C=O) groups is 1. The zero-order valence-corrected chi connectivity index (χ0v) is 13.3. The molecule has 0 fully saturated rings. The first kappa shape index (κ1) is 15.2. The molecule has 0 aliphatic heterocycles. The van der Waals surface area contributed by atoms with Crippen LogP contribution in [0.15, 0.2) is 35.5 Å². The van der Waals surface area contributed by atoms with Gasteiger partial charge in [-0.15, -0.1) is 11.8 Å². The van der Waals surface area contributed by atoms with Gasteiger partial charge in [0.15, 0.2) is 0 Å². The van der Waals surface area contributed by atoms with Gasteiger partial charge in [0.25, 0.3) is 0 Å². The summed E-state index contributed by atoms with van der Waals surface area (Å²) >= 11 is 13.4. The van der Waals surface area contributed by atoms with Crippen LogP contribution in [0.5, 0.6) is 0 Å². The van der Waals surface area contributed by atoms with Gasteiger partial charge in [0.1, 0.15) is 0 Å². The molecule has 0 aliphatic carbocycles. The smallest absolute Gasteiger partial charge is 0.237 e. The summed E-state index contributed by atoms with van der Waals surface area (Å²) in [5.41, 5.74) is 0.669. The largest absolute Gasteiger partial charge is 0.322 e. The first-order valence-corrected chi connectivity index (χ1v) is 7.50. The van der Waals surface area contributed by atoms with E-state index in [1.807, 2.05) is 6.92 Å². The third-order valence-electron chi connectivity index (χ3n) is 2.54. The van der Waals surface area contributed by atoms with Gasteiger partial charge < -0.3 is 5.32 Å². The molecule has 0 saturated heterocycles. The summed E-state index contributed by atoms with van der Waals surface area (Å²) < 4.78 is 1.63. The molecule has 1 amide bonds. The molecule has 0 bridgehead atoms. The molecule has 1 unspecified atom stereocenters. The number of nitrogens with zero attached hydrogens (tertiary/aromatic N) is 2. The zero-order chi connectivity index (χ0) is 14.7. The quantitative estimate of drug-likeness (QED) is 0.866. The Labute approximate surface area is 131 Å². The van der Waals surface area contributed by atoms with E-state index in [1.165, 1.54) is 11.8 Å². The lowest BCUT2D eigenvalue weighted by Crippen LogP contribution is -2.22. The third-order valence-corrected chi connectivity index (χ3v) is 4.37. The lowest BCUT2D eigenvalue weighted by Gasteiger charge is -2.12. The van der Waals surface area contributed by atoms with Crippen molar-refractivity contribution in [1.82, 2.24) is 9.78 Å². The Morgan fingerprint density at radius 2 is 2.20 bits per heavy atom. The Bertz CT molecular complexity index is 630. The summed E-state index contributed by atoms with van der Waals surface area (Å²) in [5, 5.41) is 7.67. The minimum atomic E-state index is -0.300. The number of carbonyl (C=O) groups excluding carboxylic acids is 1. The van der Waals surface area contributed by atoms with E-state index in [1.54, 1.807) is 42.3 Å². The maximum absolute atomic E-state index is 12.1. The van der Waals surface area contributed by atoms with E-state index in [-0.39, 0.29) is 11.2 Å². The van der Waals surface area contributed by atoms with E-state index >= 15 is 0 Å². The second-order valence-corrected chi connectivity index (χ2v) is 6.45. The fraction of sp³-hybridized carbons (Fsp3) is 0.231. The Balaban J connectivity index is 2.02. The van der Waals surface area contributed by atoms with Gasteiger partial charge in [-0.25, -0.2) is 0 Å². The first-order valence-electron chi connectivity index (χ1n) is 5.87. The molecule has 1 atom stereocenters. The lowest BCUT2D eigenvalue weighted by atomic mass is 10.4. The molecule has 4 nitrogen and oxygen atoms in total. The Morgan fingerprint density at radius 1 is 1.45 bits per heavy atom. The van der Waals surface area contributed by atoms with Crippen molar-refractivity contribution in [2.45, 2.75) is 17.1 Å². The number of hydrogen-bond acceptors (Lipinski definition) is 3. The first-order chi connectivity index (χ1) is 9.45. The van der Waals surface area contributed by atoms with Gasteiger partial charge in [-0.2, -0.15) is 5.10 Å². The van der Waals surface area contributed by atoms with Gasteiger partial charge in [-0.3, -0.25) is 9.48 Å². The fourth-order valence-electron chi connectivity index (χ4n) is 1.54. The van der Waals surface area contributed by atoms with Crippen LogP contribution in [0.1, 0.15) is 6.92 Å². The molecule has 0 spiro atoms. The van der Waals surface area contributed by atoms with E-state index in [0.717, 1.165) is 4.90 Å². The van der Waals surface area contributed by atoms with Crippen molar-refractivity contribution >= 4 is 46.6 Å². The van der Waals surface area contributed by atoms with Crippen LogP contribution in [-0.4, -0.2) is 20.9 Å². The molecule has 1 aromatic carbocycles. The van der Waals surface area contributed by atoms with Crippen LogP contribution in [0, 0.1) is 0 Å². The maximum Gasteiger partial charge on any atom is 0.237 e. The predicted octanol–water partition coefficient (Wildman–Crippen LogP) is 3.85. The Morgan fingerprint density at radius 3 is 2.85 bits per heavy atom. The molecule has 0 radical (unpaired) electrons. The second kappa shape index (κ2) is 6.52. The highest BCUT2D eigenvalue weighted by atomic mass is 35.5. The average molecular weight is 330 g/mol. The highest BCUT2D eigenvalue weighted by Gasteiger charge is 2.16. The number of anilines is 1. The van der Waals surface area contributed by atoms with Crippen molar-refractivity contribution in [3.05, 3.63) is 40.6 Å². The highest BCUT2D eigenvalue weighted by Crippen LogP contribution is 2.32. The SMILES string of the molecule is CC(Sc1cc(Cl)ccc1Cl)C(=O)Nc1cnn(C)c1. The molecule has 106 valence electrons. The van der Waals surface area contributed by atoms with E-state index in [4.69, 9.17) is 23.2 Å². The van der Waals surface area contributed by atoms with Crippen LogP contribution < -0.4 is 5.32 Å². The van der Waals surface area contributed by atoms with Crippen LogP contribution in [0.2, 0.25) is 10.0 Å². The molecule has 1 N–H and O–H groups in total. The molecule has 0 aliphatic rings. The number of aromatic nitrogens is 2. The summed E-state index contributed by atoms with van der Waals surface area (Å²) in [5.74, 6) is -0.112. The van der Waals surface area contributed by atoms with Crippen LogP contribution in [0.25, 0.3) is 0 Å². The van der Waals surface area contributed by atoms with Crippen molar-refractivity contribution < 1.29 is 4.79 Å². The summed E-state index contributed by atoms with van der Waals surface area (Å²) in [4.78, 5) is 12.9. The zero-order valence-electron chi connectivity index (χ0n) is 10.9. The molecular formula is C13H13Cl2N3OS. The van der Waals surface area contributed by atoms with E-state index < -0.39 is 0 Å². The molecular weight excluding hydrogens is 317 g/mol. The average Bonchev–Trinajstić information content (AvgIpc) is 2.79. The topological polar surface area (TPSA) is 46.9 Å². The second-order valence-electron chi connectivity index (χ2n) is 4.23. The molecule has 2 aromatic rings. The number of thioether (sulfide) groups is 1. The minimum absolute atomic E-state index is 0.112. The van der Waals surface area contributed by atoms with Crippen molar-refractivity contribution in [3.8, 4) is 0 Å². The number of halogens is 2. The van der Waals surface area contributed by atoms with E-state index in [9.17, 15) is 4.79 Å². The molecule has 1 heterocycles. The highest BCUT2D eigenvalue weighted by molar-refractivity contribution is 8.00. The van der Waals surface area contributed by atoms with E-state index in [0.29, 0.717) is 15.7 Å². The maximum atomic E-state index is 12.1. The minimum Gasteiger partial charge on any atom is -0.322 e. The fourth-order valence-corrected chi connectivity index (χ4v) is 2.95. The van der Waals surface area contributed by atoms with Crippen LogP contribution in [0.3, 0.4) is 0 Å². The van der Waals surface area contributed by atoms with Gasteiger partial charge >= 0.3 is 0 Å². The van der Waals surface area contributed by atoms with E-state index in [2.05, 4.69) is 10.4 Å². The standard InChI is InChI=1S/C13H13Cl2N3OS/c1-8(13(19)17-10-6-16-18(2)7-10)20-12-5-9(14)3-4-11(12)15/h3-8H,1-2H3,(H,17,19).